The molecule has 96 valence electrons. The molecule has 3 nitrogen and oxygen atoms in total. The van der Waals surface area contributed by atoms with E-state index in [1.54, 1.807) is 12.1 Å². The second-order valence-corrected chi connectivity index (χ2v) is 4.15. The lowest BCUT2D eigenvalue weighted by Gasteiger charge is -2.11. The van der Waals surface area contributed by atoms with Gasteiger partial charge in [0.15, 0.2) is 0 Å². The first kappa shape index (κ1) is 14.1. The summed E-state index contributed by atoms with van der Waals surface area (Å²) in [7, 11) is 1.45. The number of rotatable bonds is 5. The quantitative estimate of drug-likeness (QED) is 0.666. The van der Waals surface area contributed by atoms with E-state index in [0.29, 0.717) is 16.2 Å². The van der Waals surface area contributed by atoms with Crippen LogP contribution in [0.3, 0.4) is 0 Å². The van der Waals surface area contributed by atoms with Crippen LogP contribution >= 0.6 is 15.9 Å². The maximum atomic E-state index is 11.9. The molecule has 1 rings (SSSR count). The van der Waals surface area contributed by atoms with Crippen molar-refractivity contribution in [2.45, 2.75) is 19.0 Å². The van der Waals surface area contributed by atoms with Crippen LogP contribution in [0, 0.1) is 0 Å². The average Bonchev–Trinajstić information content (AvgIpc) is 2.24. The zero-order valence-electron chi connectivity index (χ0n) is 9.14. The minimum absolute atomic E-state index is 0.0166. The van der Waals surface area contributed by atoms with E-state index in [1.807, 2.05) is 0 Å². The third-order valence-corrected chi connectivity index (χ3v) is 2.41. The van der Waals surface area contributed by atoms with E-state index in [-0.39, 0.29) is 13.0 Å². The van der Waals surface area contributed by atoms with Gasteiger partial charge in [0.05, 0.1) is 12.8 Å². The lowest BCUT2D eigenvalue weighted by molar-refractivity contribution is -0.134. The molecule has 0 fully saturated rings. The number of nitrogens with one attached hydrogen (secondary N) is 1. The fraction of sp³-hybridized carbons (Fsp3) is 0.500. The number of pyridine rings is 1. The molecule has 0 radical (unpaired) electrons. The van der Waals surface area contributed by atoms with Crippen LogP contribution in [0.15, 0.2) is 16.7 Å². The van der Waals surface area contributed by atoms with Crippen LogP contribution in [-0.2, 0) is 0 Å². The summed E-state index contributed by atoms with van der Waals surface area (Å²) in [5, 5.41) is 2.86. The summed E-state index contributed by atoms with van der Waals surface area (Å²) < 4.78 is 41.3. The number of hydrogen-bond acceptors (Lipinski definition) is 3. The monoisotopic (exact) mass is 312 g/mol. The molecule has 0 saturated carbocycles. The first-order valence-electron chi connectivity index (χ1n) is 4.93. The Hall–Kier alpha value is -0.980. The van der Waals surface area contributed by atoms with Crippen LogP contribution in [0.1, 0.15) is 12.8 Å². The summed E-state index contributed by atoms with van der Waals surface area (Å²) in [4.78, 5) is 4.03. The molecule has 0 aliphatic carbocycles. The van der Waals surface area contributed by atoms with Crippen molar-refractivity contribution in [2.24, 2.45) is 0 Å². The lowest BCUT2D eigenvalue weighted by atomic mass is 10.3. The maximum absolute atomic E-state index is 11.9. The molecule has 0 aliphatic rings. The third-order valence-electron chi connectivity index (χ3n) is 1.97. The Kier molecular flexibility index (Phi) is 5.04. The molecule has 0 spiro atoms. The molecule has 0 amide bonds. The summed E-state index contributed by atoms with van der Waals surface area (Å²) in [5.41, 5.74) is 0.581. The normalized spacial score (nSPS) is 11.4. The van der Waals surface area contributed by atoms with Gasteiger partial charge >= 0.3 is 6.18 Å². The van der Waals surface area contributed by atoms with E-state index < -0.39 is 12.6 Å². The second kappa shape index (κ2) is 6.09. The summed E-state index contributed by atoms with van der Waals surface area (Å²) in [6.45, 7) is 0.221. The van der Waals surface area contributed by atoms with Crippen molar-refractivity contribution in [3.05, 3.63) is 16.7 Å². The average molecular weight is 313 g/mol. The van der Waals surface area contributed by atoms with Crippen molar-refractivity contribution < 1.29 is 17.9 Å². The largest absolute Gasteiger partial charge is 0.479 e. The van der Waals surface area contributed by atoms with Crippen molar-refractivity contribution in [1.82, 2.24) is 4.98 Å². The van der Waals surface area contributed by atoms with Crippen molar-refractivity contribution in [3.63, 3.8) is 0 Å². The molecule has 1 aromatic rings. The Balaban J connectivity index is 2.46. The number of hydrogen-bond donors (Lipinski definition) is 1. The van der Waals surface area contributed by atoms with Crippen LogP contribution in [0.25, 0.3) is 0 Å². The highest BCUT2D eigenvalue weighted by Gasteiger charge is 2.25. The van der Waals surface area contributed by atoms with Crippen LogP contribution < -0.4 is 10.1 Å². The molecular weight excluding hydrogens is 301 g/mol. The highest BCUT2D eigenvalue weighted by Crippen LogP contribution is 2.25. The minimum atomic E-state index is -4.11. The zero-order valence-corrected chi connectivity index (χ0v) is 10.7. The van der Waals surface area contributed by atoms with Gasteiger partial charge in [-0.3, -0.25) is 0 Å². The van der Waals surface area contributed by atoms with Crippen LogP contribution in [0.4, 0.5) is 18.9 Å². The fourth-order valence-corrected chi connectivity index (χ4v) is 1.51. The fourth-order valence-electron chi connectivity index (χ4n) is 1.22. The van der Waals surface area contributed by atoms with Gasteiger partial charge in [-0.15, -0.1) is 0 Å². The SMILES string of the molecule is COc1nc(Br)ccc1NCCCC(F)(F)F. The molecule has 0 atom stereocenters. The van der Waals surface area contributed by atoms with Gasteiger partial charge in [0.25, 0.3) is 0 Å². The number of ether oxygens (including phenoxy) is 1. The Morgan fingerprint density at radius 1 is 1.41 bits per heavy atom. The van der Waals surface area contributed by atoms with Gasteiger partial charge in [0.2, 0.25) is 5.88 Å². The smallest absolute Gasteiger partial charge is 0.389 e. The molecule has 7 heteroatoms. The molecular formula is C10H12BrF3N2O. The van der Waals surface area contributed by atoms with Crippen molar-refractivity contribution in [2.75, 3.05) is 19.0 Å². The highest BCUT2D eigenvalue weighted by atomic mass is 79.9. The molecule has 0 saturated heterocycles. The Morgan fingerprint density at radius 3 is 2.71 bits per heavy atom. The molecule has 0 aliphatic heterocycles. The molecule has 1 heterocycles. The van der Waals surface area contributed by atoms with E-state index in [9.17, 15) is 13.2 Å². The molecule has 0 aromatic carbocycles. The predicted molar refractivity (Wildman–Crippen MR) is 62.3 cm³/mol. The first-order valence-corrected chi connectivity index (χ1v) is 5.73. The molecule has 1 N–H and O–H groups in total. The van der Waals surface area contributed by atoms with Gasteiger partial charge in [-0.1, -0.05) is 0 Å². The lowest BCUT2D eigenvalue weighted by Crippen LogP contribution is -2.11. The second-order valence-electron chi connectivity index (χ2n) is 3.34. The van der Waals surface area contributed by atoms with Crippen molar-refractivity contribution >= 4 is 21.6 Å². The Labute approximate surface area is 106 Å². The number of halogens is 4. The predicted octanol–water partition coefficient (Wildman–Crippen LogP) is 3.61. The number of methoxy groups -OCH3 is 1. The van der Waals surface area contributed by atoms with E-state index >= 15 is 0 Å². The number of aromatic nitrogens is 1. The number of nitrogens with zero attached hydrogens (tertiary/aromatic N) is 1. The highest BCUT2D eigenvalue weighted by molar-refractivity contribution is 9.10. The van der Waals surface area contributed by atoms with Crippen LogP contribution in [-0.4, -0.2) is 24.8 Å². The zero-order chi connectivity index (χ0) is 12.9. The molecule has 1 aromatic heterocycles. The standard InChI is InChI=1S/C10H12BrF3N2O/c1-17-9-7(3-4-8(11)16-9)15-6-2-5-10(12,13)14/h3-4,15H,2,5-6H2,1H3. The van der Waals surface area contributed by atoms with Gasteiger partial charge in [-0.2, -0.15) is 13.2 Å². The number of alkyl halides is 3. The summed E-state index contributed by atoms with van der Waals surface area (Å²) >= 11 is 3.18. The van der Waals surface area contributed by atoms with E-state index in [1.165, 1.54) is 7.11 Å². The topological polar surface area (TPSA) is 34.1 Å². The van der Waals surface area contributed by atoms with Crippen LogP contribution in [0.5, 0.6) is 5.88 Å². The third kappa shape index (κ3) is 5.25. The van der Waals surface area contributed by atoms with Gasteiger partial charge in [-0.25, -0.2) is 4.98 Å². The molecule has 0 unspecified atom stereocenters. The van der Waals surface area contributed by atoms with Crippen molar-refractivity contribution in [1.29, 1.82) is 0 Å². The molecule has 0 bridgehead atoms. The van der Waals surface area contributed by atoms with Crippen molar-refractivity contribution in [3.8, 4) is 5.88 Å². The molecule has 17 heavy (non-hydrogen) atoms. The Morgan fingerprint density at radius 2 is 2.12 bits per heavy atom. The van der Waals surface area contributed by atoms with Crippen LogP contribution in [0.2, 0.25) is 0 Å². The van der Waals surface area contributed by atoms with E-state index in [0.717, 1.165) is 0 Å². The maximum Gasteiger partial charge on any atom is 0.389 e. The van der Waals surface area contributed by atoms with E-state index in [4.69, 9.17) is 4.74 Å². The van der Waals surface area contributed by atoms with Gasteiger partial charge < -0.3 is 10.1 Å². The Bertz CT molecular complexity index is 371. The summed E-state index contributed by atoms with van der Waals surface area (Å²) in [6.07, 6.45) is -4.89. The number of anilines is 1. The minimum Gasteiger partial charge on any atom is -0.479 e. The first-order chi connectivity index (χ1) is 7.92. The van der Waals surface area contributed by atoms with Gasteiger partial charge in [0, 0.05) is 13.0 Å². The van der Waals surface area contributed by atoms with E-state index in [2.05, 4.69) is 26.2 Å². The van der Waals surface area contributed by atoms with Gasteiger partial charge in [0.1, 0.15) is 4.60 Å². The summed E-state index contributed by atoms with van der Waals surface area (Å²) in [5.74, 6) is 0.353. The summed E-state index contributed by atoms with van der Waals surface area (Å²) in [6, 6.07) is 3.39. The van der Waals surface area contributed by atoms with Gasteiger partial charge in [-0.05, 0) is 34.5 Å².